The number of nitrogens with zero attached hydrogens (tertiary/aromatic N) is 2. The fourth-order valence-electron chi connectivity index (χ4n) is 4.13. The SMILES string of the molecule is CCCCCc1cnc(C(F)(F)Oc2ccc(-c3ccc(C(F)(F)Oc4cc(F)c(OC(F)(F)F)c(F)c4)c(F)c3)c(F)c2)nc1. The van der Waals surface area contributed by atoms with Crippen molar-refractivity contribution in [3.05, 3.63) is 101 Å². The molecule has 4 aromatic rings. The fraction of sp³-hybridized carbons (Fsp3) is 0.267. The number of hydrogen-bond donors (Lipinski definition) is 0. The molecule has 0 saturated carbocycles. The molecule has 0 amide bonds. The molecule has 0 atom stereocenters. The second-order valence-electron chi connectivity index (χ2n) is 9.71. The Labute approximate surface area is 253 Å². The van der Waals surface area contributed by atoms with Crippen molar-refractivity contribution in [3.8, 4) is 28.4 Å². The van der Waals surface area contributed by atoms with Crippen LogP contribution < -0.4 is 14.2 Å². The minimum Gasteiger partial charge on any atom is -0.429 e. The standard InChI is InChI=1S/C30H21F11N2O3/c1-2-3-4-5-16-14-42-27(43-15-16)29(37,38)44-18-7-8-20(22(31)11-18)17-6-9-21(23(32)10-17)28(35,36)45-19-12-24(33)26(25(34)13-19)46-30(39,40)41/h6-15H,2-5H2,1H3. The summed E-state index contributed by atoms with van der Waals surface area (Å²) in [7, 11) is 0. The van der Waals surface area contributed by atoms with Crippen LogP contribution in [0.15, 0.2) is 60.9 Å². The Morgan fingerprint density at radius 1 is 0.630 bits per heavy atom. The van der Waals surface area contributed by atoms with E-state index in [0.29, 0.717) is 30.2 Å². The van der Waals surface area contributed by atoms with Gasteiger partial charge in [-0.1, -0.05) is 25.8 Å². The second kappa shape index (κ2) is 13.4. The molecule has 0 saturated heterocycles. The average molecular weight is 666 g/mol. The molecular formula is C30H21F11N2O3. The maximum atomic E-state index is 14.9. The molecule has 5 nitrogen and oxygen atoms in total. The summed E-state index contributed by atoms with van der Waals surface area (Å²) in [6.45, 7) is 2.01. The Bertz CT molecular complexity index is 1660. The predicted molar refractivity (Wildman–Crippen MR) is 139 cm³/mol. The largest absolute Gasteiger partial charge is 0.573 e. The number of alkyl halides is 7. The highest BCUT2D eigenvalue weighted by Gasteiger charge is 2.40. The van der Waals surface area contributed by atoms with Gasteiger partial charge < -0.3 is 14.2 Å². The summed E-state index contributed by atoms with van der Waals surface area (Å²) in [5.74, 6) is -11.9. The molecule has 0 aliphatic rings. The molecule has 0 N–H and O–H groups in total. The quantitative estimate of drug-likeness (QED) is 0.111. The number of benzene rings is 3. The first-order valence-corrected chi connectivity index (χ1v) is 13.3. The van der Waals surface area contributed by atoms with Gasteiger partial charge in [-0.15, -0.1) is 13.2 Å². The van der Waals surface area contributed by atoms with Crippen LogP contribution in [0.3, 0.4) is 0 Å². The molecule has 16 heteroatoms. The van der Waals surface area contributed by atoms with Gasteiger partial charge in [-0.25, -0.2) is 27.5 Å². The van der Waals surface area contributed by atoms with Gasteiger partial charge in [0.05, 0.1) is 5.56 Å². The first kappa shape index (κ1) is 34.2. The monoisotopic (exact) mass is 666 g/mol. The van der Waals surface area contributed by atoms with Gasteiger partial charge in [0.1, 0.15) is 23.1 Å². The molecule has 46 heavy (non-hydrogen) atoms. The highest BCUT2D eigenvalue weighted by Crippen LogP contribution is 2.39. The third-order valence-corrected chi connectivity index (χ3v) is 6.25. The van der Waals surface area contributed by atoms with Crippen LogP contribution >= 0.6 is 0 Å². The van der Waals surface area contributed by atoms with Gasteiger partial charge in [0, 0.05) is 36.2 Å². The molecule has 1 aromatic heterocycles. The summed E-state index contributed by atoms with van der Waals surface area (Å²) >= 11 is 0. The molecule has 4 rings (SSSR count). The Kier molecular flexibility index (Phi) is 9.97. The normalized spacial score (nSPS) is 12.3. The van der Waals surface area contributed by atoms with Crippen molar-refractivity contribution < 1.29 is 62.5 Å². The molecule has 0 radical (unpaired) electrons. The summed E-state index contributed by atoms with van der Waals surface area (Å²) in [5.41, 5.74) is -1.60. The zero-order valence-corrected chi connectivity index (χ0v) is 23.4. The van der Waals surface area contributed by atoms with E-state index in [1.54, 1.807) is 0 Å². The third kappa shape index (κ3) is 8.34. The zero-order chi connectivity index (χ0) is 33.9. The van der Waals surface area contributed by atoms with Gasteiger partial charge in [-0.05, 0) is 48.2 Å². The maximum Gasteiger partial charge on any atom is 0.573 e. The highest BCUT2D eigenvalue weighted by molar-refractivity contribution is 5.65. The number of halogens is 11. The minimum atomic E-state index is -5.49. The Morgan fingerprint density at radius 2 is 1.24 bits per heavy atom. The van der Waals surface area contributed by atoms with E-state index >= 15 is 0 Å². The van der Waals surface area contributed by atoms with E-state index in [1.807, 2.05) is 6.92 Å². The van der Waals surface area contributed by atoms with Gasteiger partial charge >= 0.3 is 18.6 Å². The van der Waals surface area contributed by atoms with Crippen molar-refractivity contribution in [2.24, 2.45) is 0 Å². The zero-order valence-electron chi connectivity index (χ0n) is 23.4. The number of ether oxygens (including phenoxy) is 3. The minimum absolute atomic E-state index is 0.0390. The van der Waals surface area contributed by atoms with Gasteiger partial charge in [0.2, 0.25) is 11.6 Å². The molecular weight excluding hydrogens is 645 g/mol. The van der Waals surface area contributed by atoms with Gasteiger partial charge in [0.25, 0.3) is 0 Å². The highest BCUT2D eigenvalue weighted by atomic mass is 19.4. The summed E-state index contributed by atoms with van der Waals surface area (Å²) in [6, 6.07) is 3.98. The van der Waals surface area contributed by atoms with E-state index in [0.717, 1.165) is 37.5 Å². The van der Waals surface area contributed by atoms with Crippen LogP contribution in [0.1, 0.15) is 43.1 Å². The Morgan fingerprint density at radius 3 is 1.80 bits per heavy atom. The van der Waals surface area contributed by atoms with Crippen molar-refractivity contribution >= 4 is 0 Å². The van der Waals surface area contributed by atoms with Gasteiger partial charge in [0.15, 0.2) is 11.6 Å². The lowest BCUT2D eigenvalue weighted by Crippen LogP contribution is -2.25. The molecule has 0 unspecified atom stereocenters. The topological polar surface area (TPSA) is 53.5 Å². The summed E-state index contributed by atoms with van der Waals surface area (Å²) in [5, 5.41) is 0. The molecule has 0 bridgehead atoms. The van der Waals surface area contributed by atoms with E-state index in [2.05, 4.69) is 24.2 Å². The molecule has 0 spiro atoms. The van der Waals surface area contributed by atoms with Gasteiger partial charge in [-0.3, -0.25) is 0 Å². The smallest absolute Gasteiger partial charge is 0.429 e. The molecule has 0 aliphatic heterocycles. The van der Waals surface area contributed by atoms with E-state index < -0.39 is 76.0 Å². The third-order valence-electron chi connectivity index (χ3n) is 6.25. The van der Waals surface area contributed by atoms with E-state index in [4.69, 9.17) is 0 Å². The fourth-order valence-corrected chi connectivity index (χ4v) is 4.13. The van der Waals surface area contributed by atoms with E-state index in [-0.39, 0.29) is 17.7 Å². The Hall–Kier alpha value is -4.63. The summed E-state index contributed by atoms with van der Waals surface area (Å²) in [6.07, 6.45) is -8.41. The predicted octanol–water partition coefficient (Wildman–Crippen LogP) is 9.59. The van der Waals surface area contributed by atoms with Crippen molar-refractivity contribution in [2.45, 2.75) is 51.2 Å². The van der Waals surface area contributed by atoms with E-state index in [1.165, 1.54) is 12.4 Å². The lowest BCUT2D eigenvalue weighted by atomic mass is 10.0. The lowest BCUT2D eigenvalue weighted by molar-refractivity contribution is -0.276. The van der Waals surface area contributed by atoms with Crippen LogP contribution in [-0.2, 0) is 18.6 Å². The number of aryl methyl sites for hydroxylation is 1. The number of rotatable bonds is 12. The van der Waals surface area contributed by atoms with Crippen LogP contribution in [-0.4, -0.2) is 16.3 Å². The summed E-state index contributed by atoms with van der Waals surface area (Å²) < 4.78 is 165. The van der Waals surface area contributed by atoms with Gasteiger partial charge in [-0.2, -0.15) is 17.6 Å². The van der Waals surface area contributed by atoms with Crippen molar-refractivity contribution in [1.82, 2.24) is 9.97 Å². The molecule has 1 heterocycles. The number of unbranched alkanes of at least 4 members (excludes halogenated alkanes) is 2. The molecule has 3 aromatic carbocycles. The lowest BCUT2D eigenvalue weighted by Gasteiger charge is -2.20. The average Bonchev–Trinajstić information content (AvgIpc) is 2.94. The molecule has 0 fully saturated rings. The Balaban J connectivity index is 1.49. The van der Waals surface area contributed by atoms with Crippen LogP contribution in [0, 0.1) is 23.3 Å². The van der Waals surface area contributed by atoms with Crippen LogP contribution in [0.5, 0.6) is 17.2 Å². The van der Waals surface area contributed by atoms with Crippen LogP contribution in [0.25, 0.3) is 11.1 Å². The molecule has 246 valence electrons. The van der Waals surface area contributed by atoms with Crippen molar-refractivity contribution in [3.63, 3.8) is 0 Å². The number of aromatic nitrogens is 2. The number of hydrogen-bond acceptors (Lipinski definition) is 5. The second-order valence-corrected chi connectivity index (χ2v) is 9.71. The van der Waals surface area contributed by atoms with Crippen LogP contribution in [0.2, 0.25) is 0 Å². The first-order valence-electron chi connectivity index (χ1n) is 13.3. The first-order chi connectivity index (χ1) is 21.5. The summed E-state index contributed by atoms with van der Waals surface area (Å²) in [4.78, 5) is 7.25. The van der Waals surface area contributed by atoms with Crippen LogP contribution in [0.4, 0.5) is 48.3 Å². The van der Waals surface area contributed by atoms with Crippen molar-refractivity contribution in [2.75, 3.05) is 0 Å². The van der Waals surface area contributed by atoms with E-state index in [9.17, 15) is 48.3 Å². The van der Waals surface area contributed by atoms with Crippen molar-refractivity contribution in [1.29, 1.82) is 0 Å². The molecule has 0 aliphatic carbocycles. The maximum absolute atomic E-state index is 14.9.